The number of nitrogens with one attached hydrogen (secondary N) is 4. The second kappa shape index (κ2) is 15.0. The van der Waals surface area contributed by atoms with Gasteiger partial charge in [0.05, 0.1) is 6.04 Å². The lowest BCUT2D eigenvalue weighted by molar-refractivity contribution is -0.141. The summed E-state index contributed by atoms with van der Waals surface area (Å²) in [5.41, 5.74) is 18.2. The number of carbonyl (C=O) groups is 4. The number of H-pyrrole nitrogens is 1. The van der Waals surface area contributed by atoms with E-state index in [0.29, 0.717) is 19.4 Å². The van der Waals surface area contributed by atoms with Gasteiger partial charge in [-0.15, -0.1) is 0 Å². The van der Waals surface area contributed by atoms with Gasteiger partial charge in [0.25, 0.3) is 0 Å². The maximum Gasteiger partial charge on any atom is 0.327 e. The number of aromatic amines is 1. The van der Waals surface area contributed by atoms with Crippen molar-refractivity contribution in [2.75, 3.05) is 12.3 Å². The van der Waals surface area contributed by atoms with Crippen LogP contribution in [-0.4, -0.2) is 76.2 Å². The normalized spacial score (nSPS) is 14.2. The van der Waals surface area contributed by atoms with Crippen molar-refractivity contribution < 1.29 is 24.3 Å². The molecule has 0 aliphatic carbocycles. The molecule has 3 amide bonds. The van der Waals surface area contributed by atoms with Crippen molar-refractivity contribution in [3.63, 3.8) is 0 Å². The lowest BCUT2D eigenvalue weighted by Gasteiger charge is -2.27. The summed E-state index contributed by atoms with van der Waals surface area (Å²) in [6, 6.07) is 3.17. The molecule has 214 valence electrons. The summed E-state index contributed by atoms with van der Waals surface area (Å²) in [5, 5.41) is 18.0. The van der Waals surface area contributed by atoms with E-state index in [1.165, 1.54) is 0 Å². The first kappa shape index (κ1) is 31.4. The summed E-state index contributed by atoms with van der Waals surface area (Å²) >= 11 is 4.00. The molecule has 0 bridgehead atoms. The second-order valence-electron chi connectivity index (χ2n) is 9.49. The highest BCUT2D eigenvalue weighted by Crippen LogP contribution is 2.19. The first-order valence-corrected chi connectivity index (χ1v) is 13.2. The minimum atomic E-state index is -1.25. The fourth-order valence-corrected chi connectivity index (χ4v) is 4.14. The Kier molecular flexibility index (Phi) is 12.1. The van der Waals surface area contributed by atoms with Crippen molar-refractivity contribution in [1.29, 1.82) is 0 Å². The van der Waals surface area contributed by atoms with Crippen LogP contribution in [0.2, 0.25) is 0 Å². The average molecular weight is 563 g/mol. The van der Waals surface area contributed by atoms with Gasteiger partial charge < -0.3 is 43.2 Å². The van der Waals surface area contributed by atoms with E-state index in [-0.39, 0.29) is 24.1 Å². The number of aliphatic carboxylic acids is 1. The van der Waals surface area contributed by atoms with Gasteiger partial charge in [0.15, 0.2) is 5.96 Å². The number of benzene rings is 1. The Morgan fingerprint density at radius 2 is 1.69 bits per heavy atom. The van der Waals surface area contributed by atoms with Gasteiger partial charge in [-0.25, -0.2) is 4.79 Å². The number of carboxylic acid groups (broad SMARTS) is 1. The Morgan fingerprint density at radius 1 is 1.03 bits per heavy atom. The number of fused-ring (bicyclic) bond motifs is 1. The number of amides is 3. The highest BCUT2D eigenvalue weighted by Gasteiger charge is 2.32. The van der Waals surface area contributed by atoms with Gasteiger partial charge in [-0.1, -0.05) is 32.0 Å². The van der Waals surface area contributed by atoms with Crippen LogP contribution < -0.4 is 33.2 Å². The maximum atomic E-state index is 13.3. The Hall–Kier alpha value is -3.78. The van der Waals surface area contributed by atoms with E-state index in [1.54, 1.807) is 20.0 Å². The number of para-hydroxylation sites is 1. The smallest absolute Gasteiger partial charge is 0.327 e. The van der Waals surface area contributed by atoms with Gasteiger partial charge in [-0.05, 0) is 30.4 Å². The lowest BCUT2D eigenvalue weighted by atomic mass is 10.00. The number of hydrogen-bond acceptors (Lipinski definition) is 7. The predicted molar refractivity (Wildman–Crippen MR) is 152 cm³/mol. The Balaban J connectivity index is 2.19. The molecule has 4 atom stereocenters. The predicted octanol–water partition coefficient (Wildman–Crippen LogP) is -0.784. The first-order chi connectivity index (χ1) is 18.4. The Bertz CT molecular complexity index is 1180. The maximum absolute atomic E-state index is 13.3. The monoisotopic (exact) mass is 562 g/mol. The number of aromatic nitrogens is 1. The third-order valence-corrected chi connectivity index (χ3v) is 6.45. The Labute approximate surface area is 232 Å². The number of nitrogens with two attached hydrogens (primary N) is 3. The SMILES string of the molecule is CC(C)C(NC(=O)C(N)CCCN=C(N)N)C(=O)NC(Cc1c[nH]c2ccccc12)C(=O)NC(CS)C(=O)O. The van der Waals surface area contributed by atoms with Gasteiger partial charge >= 0.3 is 5.97 Å². The van der Waals surface area contributed by atoms with Crippen LogP contribution in [0.1, 0.15) is 32.3 Å². The number of guanidine groups is 1. The molecule has 0 spiro atoms. The molecule has 2 aromatic rings. The van der Waals surface area contributed by atoms with Crippen LogP contribution in [0, 0.1) is 5.92 Å². The van der Waals surface area contributed by atoms with Crippen LogP contribution in [0.3, 0.4) is 0 Å². The second-order valence-corrected chi connectivity index (χ2v) is 9.86. The van der Waals surface area contributed by atoms with E-state index in [2.05, 4.69) is 38.6 Å². The van der Waals surface area contributed by atoms with Crippen LogP contribution in [0.5, 0.6) is 0 Å². The number of thiol groups is 1. The van der Waals surface area contributed by atoms with Gasteiger partial charge in [0, 0.05) is 35.8 Å². The molecule has 0 aliphatic rings. The lowest BCUT2D eigenvalue weighted by Crippen LogP contribution is -2.59. The number of hydrogen-bond donors (Lipinski definition) is 9. The molecule has 0 saturated carbocycles. The molecule has 13 nitrogen and oxygen atoms in total. The standard InChI is InChI=1S/C25H38N8O5S/c1-13(2)20(33-21(34)16(26)7-5-9-29-25(27)28)23(36)31-18(22(35)32-19(12-39)24(37)38)10-14-11-30-17-8-4-3-6-15(14)17/h3-4,6,8,11,13,16,18-20,30,39H,5,7,9-10,12,26H2,1-2H3,(H,31,36)(H,32,35)(H,33,34)(H,37,38)(H4,27,28,29). The number of carbonyl (C=O) groups excluding carboxylic acids is 3. The number of aliphatic imine (C=N–C) groups is 1. The third kappa shape index (κ3) is 9.48. The zero-order valence-electron chi connectivity index (χ0n) is 22.0. The zero-order valence-corrected chi connectivity index (χ0v) is 22.9. The summed E-state index contributed by atoms with van der Waals surface area (Å²) in [7, 11) is 0. The summed E-state index contributed by atoms with van der Waals surface area (Å²) < 4.78 is 0. The highest BCUT2D eigenvalue weighted by atomic mass is 32.1. The molecule has 1 aromatic carbocycles. The molecule has 0 saturated heterocycles. The van der Waals surface area contributed by atoms with Gasteiger partial charge in [-0.2, -0.15) is 12.6 Å². The van der Waals surface area contributed by atoms with Crippen LogP contribution in [0.4, 0.5) is 0 Å². The van der Waals surface area contributed by atoms with Crippen LogP contribution in [0.15, 0.2) is 35.5 Å². The fourth-order valence-electron chi connectivity index (χ4n) is 3.89. The quantitative estimate of drug-likeness (QED) is 0.0577. The zero-order chi connectivity index (χ0) is 29.1. The van der Waals surface area contributed by atoms with E-state index in [9.17, 15) is 24.3 Å². The van der Waals surface area contributed by atoms with Crippen molar-refractivity contribution in [3.8, 4) is 0 Å². The van der Waals surface area contributed by atoms with E-state index < -0.39 is 47.9 Å². The minimum absolute atomic E-state index is 0.0557. The number of rotatable bonds is 15. The minimum Gasteiger partial charge on any atom is -0.480 e. The molecular formula is C25H38N8O5S. The van der Waals surface area contributed by atoms with Crippen molar-refractivity contribution in [2.24, 2.45) is 28.1 Å². The van der Waals surface area contributed by atoms with E-state index >= 15 is 0 Å². The largest absolute Gasteiger partial charge is 0.480 e. The molecule has 39 heavy (non-hydrogen) atoms. The number of carboxylic acids is 1. The van der Waals surface area contributed by atoms with Crippen molar-refractivity contribution >= 4 is 53.2 Å². The number of nitrogens with zero attached hydrogens (tertiary/aromatic N) is 1. The summed E-state index contributed by atoms with van der Waals surface area (Å²) in [6.45, 7) is 3.79. The molecule has 14 heteroatoms. The van der Waals surface area contributed by atoms with Crippen LogP contribution in [0.25, 0.3) is 10.9 Å². The van der Waals surface area contributed by atoms with Crippen molar-refractivity contribution in [2.45, 2.75) is 57.3 Å². The van der Waals surface area contributed by atoms with Gasteiger partial charge in [0.1, 0.15) is 18.1 Å². The van der Waals surface area contributed by atoms with E-state index in [4.69, 9.17) is 17.2 Å². The molecular weight excluding hydrogens is 524 g/mol. The van der Waals surface area contributed by atoms with E-state index in [1.807, 2.05) is 24.3 Å². The molecule has 0 fully saturated rings. The van der Waals surface area contributed by atoms with E-state index in [0.717, 1.165) is 16.5 Å². The molecule has 4 unspecified atom stereocenters. The molecule has 1 aromatic heterocycles. The fraction of sp³-hybridized carbons (Fsp3) is 0.480. The Morgan fingerprint density at radius 3 is 2.31 bits per heavy atom. The van der Waals surface area contributed by atoms with Crippen molar-refractivity contribution in [1.82, 2.24) is 20.9 Å². The van der Waals surface area contributed by atoms with Gasteiger partial charge in [0.2, 0.25) is 17.7 Å². The molecule has 0 radical (unpaired) electrons. The third-order valence-electron chi connectivity index (χ3n) is 6.08. The summed E-state index contributed by atoms with van der Waals surface area (Å²) in [6.07, 6.45) is 2.56. The van der Waals surface area contributed by atoms with Gasteiger partial charge in [-0.3, -0.25) is 19.4 Å². The van der Waals surface area contributed by atoms with Crippen LogP contribution in [-0.2, 0) is 25.6 Å². The first-order valence-electron chi connectivity index (χ1n) is 12.5. The summed E-state index contributed by atoms with van der Waals surface area (Å²) in [4.78, 5) is 57.7. The highest BCUT2D eigenvalue weighted by molar-refractivity contribution is 7.80. The van der Waals surface area contributed by atoms with Crippen LogP contribution >= 0.6 is 12.6 Å². The van der Waals surface area contributed by atoms with Crippen molar-refractivity contribution in [3.05, 3.63) is 36.0 Å². The molecule has 0 aliphatic heterocycles. The molecule has 1 heterocycles. The average Bonchev–Trinajstić information content (AvgIpc) is 3.29. The molecule has 2 rings (SSSR count). The summed E-state index contributed by atoms with van der Waals surface area (Å²) in [5.74, 6) is -3.63. The molecule has 11 N–H and O–H groups in total. The topological polar surface area (TPSA) is 231 Å².